The summed E-state index contributed by atoms with van der Waals surface area (Å²) in [5.41, 5.74) is 3.29. The fourth-order valence-corrected chi connectivity index (χ4v) is 1.63. The van der Waals surface area contributed by atoms with E-state index >= 15 is 0 Å². The summed E-state index contributed by atoms with van der Waals surface area (Å²) in [5, 5.41) is 11.3. The van der Waals surface area contributed by atoms with Crippen LogP contribution in [0.5, 0.6) is 0 Å². The summed E-state index contributed by atoms with van der Waals surface area (Å²) in [6, 6.07) is 0. The number of nitrogens with zero attached hydrogens (tertiary/aromatic N) is 1. The van der Waals surface area contributed by atoms with Crippen molar-refractivity contribution in [1.29, 1.82) is 0 Å². The van der Waals surface area contributed by atoms with E-state index in [1.165, 1.54) is 0 Å². The van der Waals surface area contributed by atoms with Gasteiger partial charge in [0.2, 0.25) is 5.88 Å². The maximum Gasteiger partial charge on any atom is 0.201 e. The number of hydrogen-bond acceptors (Lipinski definition) is 4. The zero-order valence-corrected chi connectivity index (χ0v) is 8.08. The van der Waals surface area contributed by atoms with E-state index in [4.69, 9.17) is 4.74 Å². The van der Waals surface area contributed by atoms with Crippen LogP contribution in [0.15, 0.2) is 12.0 Å². The normalized spacial score (nSPS) is 38.2. The van der Waals surface area contributed by atoms with E-state index in [-0.39, 0.29) is 11.6 Å². The molecule has 1 saturated heterocycles. The second-order valence-corrected chi connectivity index (χ2v) is 3.94. The summed E-state index contributed by atoms with van der Waals surface area (Å²) in [7, 11) is 0. The predicted molar refractivity (Wildman–Crippen MR) is 48.6 cm³/mol. The van der Waals surface area contributed by atoms with Crippen molar-refractivity contribution in [3.05, 3.63) is 12.0 Å². The molecule has 0 spiro atoms. The Kier molecular flexibility index (Phi) is 1.96. The molecule has 0 aromatic heterocycles. The van der Waals surface area contributed by atoms with Gasteiger partial charge in [-0.15, -0.1) is 0 Å². The molecule has 0 amide bonds. The van der Waals surface area contributed by atoms with Crippen LogP contribution in [0.25, 0.3) is 0 Å². The van der Waals surface area contributed by atoms with Crippen molar-refractivity contribution in [3.8, 4) is 0 Å². The van der Waals surface area contributed by atoms with Crippen LogP contribution >= 0.6 is 0 Å². The Balaban J connectivity index is 2.12. The molecule has 2 aliphatic rings. The third kappa shape index (κ3) is 1.51. The molecule has 74 valence electrons. The SMILES string of the molecule is CCC1(C)C=C2OCC(O)CN2N1. The van der Waals surface area contributed by atoms with E-state index < -0.39 is 0 Å². The number of fused-ring (bicyclic) bond motifs is 1. The lowest BCUT2D eigenvalue weighted by Crippen LogP contribution is -2.50. The molecular weight excluding hydrogens is 168 g/mol. The molecule has 2 heterocycles. The molecular formula is C9H16N2O2. The molecule has 0 aliphatic carbocycles. The van der Waals surface area contributed by atoms with E-state index in [0.29, 0.717) is 13.2 Å². The molecule has 0 saturated carbocycles. The lowest BCUT2D eigenvalue weighted by Gasteiger charge is -2.32. The van der Waals surface area contributed by atoms with Gasteiger partial charge in [-0.2, -0.15) is 0 Å². The Hall–Kier alpha value is -0.740. The quantitative estimate of drug-likeness (QED) is 0.611. The second kappa shape index (κ2) is 2.89. The van der Waals surface area contributed by atoms with E-state index in [0.717, 1.165) is 12.3 Å². The highest BCUT2D eigenvalue weighted by Crippen LogP contribution is 2.26. The van der Waals surface area contributed by atoms with Crippen LogP contribution in [-0.4, -0.2) is 34.9 Å². The standard InChI is InChI=1S/C9H16N2O2/c1-3-9(2)4-8-11(10-9)5-7(12)6-13-8/h4,7,10,12H,3,5-6H2,1-2H3. The first-order chi connectivity index (χ1) is 6.13. The van der Waals surface area contributed by atoms with Gasteiger partial charge in [-0.1, -0.05) is 6.92 Å². The van der Waals surface area contributed by atoms with Crippen LogP contribution in [0.3, 0.4) is 0 Å². The maximum absolute atomic E-state index is 9.37. The summed E-state index contributed by atoms with van der Waals surface area (Å²) >= 11 is 0. The van der Waals surface area contributed by atoms with E-state index in [1.54, 1.807) is 0 Å². The highest BCUT2D eigenvalue weighted by Gasteiger charge is 2.36. The number of ether oxygens (including phenoxy) is 1. The molecule has 2 N–H and O–H groups in total. The molecule has 0 bridgehead atoms. The molecule has 1 fully saturated rings. The summed E-state index contributed by atoms with van der Waals surface area (Å²) in [5.74, 6) is 0.856. The highest BCUT2D eigenvalue weighted by atomic mass is 16.5. The summed E-state index contributed by atoms with van der Waals surface area (Å²) in [6.07, 6.45) is 2.70. The van der Waals surface area contributed by atoms with Crippen molar-refractivity contribution in [1.82, 2.24) is 10.4 Å². The third-order valence-corrected chi connectivity index (χ3v) is 2.65. The van der Waals surface area contributed by atoms with Gasteiger partial charge in [-0.3, -0.25) is 5.01 Å². The van der Waals surface area contributed by atoms with Crippen LogP contribution in [-0.2, 0) is 4.74 Å². The van der Waals surface area contributed by atoms with Crippen LogP contribution in [0.1, 0.15) is 20.3 Å². The number of hydrazine groups is 1. The summed E-state index contributed by atoms with van der Waals surface area (Å²) in [6.45, 7) is 5.26. The monoisotopic (exact) mass is 184 g/mol. The van der Waals surface area contributed by atoms with Crippen molar-refractivity contribution < 1.29 is 9.84 Å². The molecule has 2 atom stereocenters. The van der Waals surface area contributed by atoms with Gasteiger partial charge in [0.25, 0.3) is 0 Å². The van der Waals surface area contributed by atoms with Crippen LogP contribution in [0.4, 0.5) is 0 Å². The molecule has 0 aromatic rings. The summed E-state index contributed by atoms with van der Waals surface area (Å²) in [4.78, 5) is 0. The number of aliphatic hydroxyl groups excluding tert-OH is 1. The van der Waals surface area contributed by atoms with Crippen LogP contribution in [0, 0.1) is 0 Å². The molecule has 0 aromatic carbocycles. The largest absolute Gasteiger partial charge is 0.476 e. The van der Waals surface area contributed by atoms with E-state index in [1.807, 2.05) is 5.01 Å². The van der Waals surface area contributed by atoms with Crippen molar-refractivity contribution >= 4 is 0 Å². The molecule has 4 heteroatoms. The molecule has 2 aliphatic heterocycles. The highest BCUT2D eigenvalue weighted by molar-refractivity contribution is 5.14. The molecule has 0 radical (unpaired) electrons. The van der Waals surface area contributed by atoms with Gasteiger partial charge < -0.3 is 9.84 Å². The van der Waals surface area contributed by atoms with E-state index in [2.05, 4.69) is 25.3 Å². The molecule has 4 nitrogen and oxygen atoms in total. The van der Waals surface area contributed by atoms with Crippen molar-refractivity contribution in [2.75, 3.05) is 13.2 Å². The third-order valence-electron chi connectivity index (χ3n) is 2.65. The zero-order chi connectivity index (χ0) is 9.47. The second-order valence-electron chi connectivity index (χ2n) is 3.94. The summed E-state index contributed by atoms with van der Waals surface area (Å²) < 4.78 is 5.39. The number of aliphatic hydroxyl groups is 1. The average Bonchev–Trinajstić information content (AvgIpc) is 2.42. The van der Waals surface area contributed by atoms with Gasteiger partial charge >= 0.3 is 0 Å². The Bertz CT molecular complexity index is 242. The smallest absolute Gasteiger partial charge is 0.201 e. The maximum atomic E-state index is 9.37. The minimum Gasteiger partial charge on any atom is -0.476 e. The lowest BCUT2D eigenvalue weighted by molar-refractivity contribution is -0.0434. The molecule has 2 rings (SSSR count). The Morgan fingerprint density at radius 1 is 1.85 bits per heavy atom. The van der Waals surface area contributed by atoms with Crippen LogP contribution < -0.4 is 5.43 Å². The first kappa shape index (κ1) is 8.84. The minimum absolute atomic E-state index is 0.0145. The Morgan fingerprint density at radius 2 is 2.62 bits per heavy atom. The lowest BCUT2D eigenvalue weighted by atomic mass is 10.0. The molecule has 2 unspecified atom stereocenters. The average molecular weight is 184 g/mol. The topological polar surface area (TPSA) is 44.7 Å². The number of nitrogens with one attached hydrogen (secondary N) is 1. The zero-order valence-electron chi connectivity index (χ0n) is 8.08. The van der Waals surface area contributed by atoms with Crippen molar-refractivity contribution in [3.63, 3.8) is 0 Å². The van der Waals surface area contributed by atoms with Gasteiger partial charge in [0.05, 0.1) is 12.1 Å². The first-order valence-electron chi connectivity index (χ1n) is 4.72. The molecule has 13 heavy (non-hydrogen) atoms. The van der Waals surface area contributed by atoms with Gasteiger partial charge in [0.1, 0.15) is 12.7 Å². The number of rotatable bonds is 1. The van der Waals surface area contributed by atoms with E-state index in [9.17, 15) is 5.11 Å². The Labute approximate surface area is 78.1 Å². The van der Waals surface area contributed by atoms with Gasteiger partial charge in [0, 0.05) is 0 Å². The van der Waals surface area contributed by atoms with Crippen LogP contribution in [0.2, 0.25) is 0 Å². The number of hydrogen-bond donors (Lipinski definition) is 2. The van der Waals surface area contributed by atoms with Gasteiger partial charge in [0.15, 0.2) is 0 Å². The minimum atomic E-state index is -0.385. The first-order valence-corrected chi connectivity index (χ1v) is 4.72. The Morgan fingerprint density at radius 3 is 3.31 bits per heavy atom. The van der Waals surface area contributed by atoms with Crippen molar-refractivity contribution in [2.24, 2.45) is 0 Å². The fourth-order valence-electron chi connectivity index (χ4n) is 1.63. The van der Waals surface area contributed by atoms with Crippen molar-refractivity contribution in [2.45, 2.75) is 31.9 Å². The fraction of sp³-hybridized carbons (Fsp3) is 0.778. The van der Waals surface area contributed by atoms with Gasteiger partial charge in [-0.25, -0.2) is 5.43 Å². The predicted octanol–water partition coefficient (Wildman–Crippen LogP) is 0.208. The van der Waals surface area contributed by atoms with Gasteiger partial charge in [-0.05, 0) is 19.4 Å².